The fourth-order valence-corrected chi connectivity index (χ4v) is 5.16. The van der Waals surface area contributed by atoms with Gasteiger partial charge in [-0.1, -0.05) is 13.8 Å². The minimum absolute atomic E-state index is 0.137. The summed E-state index contributed by atoms with van der Waals surface area (Å²) in [6, 6.07) is 14.8. The fourth-order valence-electron chi connectivity index (χ4n) is 5.16. The summed E-state index contributed by atoms with van der Waals surface area (Å²) in [4.78, 5) is 3.75. The monoisotopic (exact) mass is 767 g/mol. The van der Waals surface area contributed by atoms with Crippen LogP contribution in [0.5, 0.6) is 11.6 Å². The molecule has 1 saturated heterocycles. The van der Waals surface area contributed by atoms with E-state index in [2.05, 4.69) is 45.0 Å². The first-order valence-corrected chi connectivity index (χ1v) is 16.5. The number of nitrogens with zero attached hydrogens (tertiary/aromatic N) is 9. The van der Waals surface area contributed by atoms with E-state index in [1.807, 2.05) is 13.8 Å². The van der Waals surface area contributed by atoms with Gasteiger partial charge in [0.05, 0.1) is 11.4 Å². The first kappa shape index (κ1) is 39.7. The highest BCUT2D eigenvalue weighted by Crippen LogP contribution is 2.28. The van der Waals surface area contributed by atoms with Gasteiger partial charge in [-0.25, -0.2) is 4.98 Å². The summed E-state index contributed by atoms with van der Waals surface area (Å²) in [5.74, 6) is -3.21. The van der Waals surface area contributed by atoms with Crippen LogP contribution in [-0.2, 0) is 17.1 Å². The van der Waals surface area contributed by atoms with Gasteiger partial charge in [-0.05, 0) is 73.4 Å². The molecule has 1 atom stereocenters. The number of alkyl halides is 8. The summed E-state index contributed by atoms with van der Waals surface area (Å²) in [7, 11) is 0. The predicted molar refractivity (Wildman–Crippen MR) is 177 cm³/mol. The van der Waals surface area contributed by atoms with Gasteiger partial charge in [0, 0.05) is 49.9 Å². The number of hydrogen-bond acceptors (Lipinski definition) is 10. The van der Waals surface area contributed by atoms with Crippen LogP contribution in [0.3, 0.4) is 0 Å². The van der Waals surface area contributed by atoms with Crippen molar-refractivity contribution in [1.82, 2.24) is 44.6 Å². The summed E-state index contributed by atoms with van der Waals surface area (Å²) >= 11 is 0. The van der Waals surface area contributed by atoms with Crippen molar-refractivity contribution in [3.8, 4) is 34.1 Å². The molecule has 5 aromatic heterocycles. The van der Waals surface area contributed by atoms with E-state index in [1.54, 1.807) is 16.6 Å². The third-order valence-corrected chi connectivity index (χ3v) is 7.51. The van der Waals surface area contributed by atoms with E-state index < -0.39 is 30.9 Å². The smallest absolute Gasteiger partial charge is 0.468 e. The van der Waals surface area contributed by atoms with Crippen LogP contribution in [-0.4, -0.2) is 77.0 Å². The van der Waals surface area contributed by atoms with E-state index in [0.29, 0.717) is 41.9 Å². The number of benzene rings is 1. The number of ether oxygens (including phenoxy) is 3. The summed E-state index contributed by atoms with van der Waals surface area (Å²) in [5, 5.41) is 24.0. The zero-order valence-electron chi connectivity index (χ0n) is 28.9. The number of aromatic nitrogens is 9. The topological polar surface area (TPSA) is 127 Å². The van der Waals surface area contributed by atoms with Gasteiger partial charge in [0.15, 0.2) is 23.7 Å². The second-order valence-electron chi connectivity index (χ2n) is 11.7. The molecule has 288 valence electrons. The molecule has 0 radical (unpaired) electrons. The van der Waals surface area contributed by atoms with Gasteiger partial charge >= 0.3 is 18.5 Å². The van der Waals surface area contributed by atoms with Crippen molar-refractivity contribution in [1.29, 1.82) is 0 Å². The minimum atomic E-state index is -4.71. The minimum Gasteiger partial charge on any atom is -0.468 e. The molecule has 6 aromatic rings. The summed E-state index contributed by atoms with van der Waals surface area (Å²) in [6.45, 7) is 4.72. The summed E-state index contributed by atoms with van der Waals surface area (Å²) in [5.41, 5.74) is 2.72. The Morgan fingerprint density at radius 2 is 1.39 bits per heavy atom. The fraction of sp³-hybridized carbons (Fsp3) is 0.382. The van der Waals surface area contributed by atoms with E-state index >= 15 is 0 Å². The zero-order valence-corrected chi connectivity index (χ0v) is 28.9. The molecule has 1 aliphatic heterocycles. The Balaban J connectivity index is 0.000000199. The Labute approximate surface area is 302 Å². The molecule has 6 heterocycles. The first-order chi connectivity index (χ1) is 25.6. The zero-order chi connectivity index (χ0) is 39.1. The Kier molecular flexibility index (Phi) is 12.2. The molecule has 1 fully saturated rings. The molecular weight excluding hydrogens is 734 g/mol. The second-order valence-corrected chi connectivity index (χ2v) is 11.7. The summed E-state index contributed by atoms with van der Waals surface area (Å²) in [6.07, 6.45) is -5.12. The Hall–Kier alpha value is -5.53. The SMILES string of the molecule is CC.CC(F)(F)c1nnc2ccc(-c3ccc(OCC(F)(F)F)nc3)nn12.FC(F)(F)Oc1ccc(-c2ccc3nnc(CC4CCCOC4)n3n2)cc1. The van der Waals surface area contributed by atoms with Gasteiger partial charge < -0.3 is 14.2 Å². The summed E-state index contributed by atoms with van der Waals surface area (Å²) < 4.78 is 117. The molecule has 0 spiro atoms. The number of fused-ring (bicyclic) bond motifs is 2. The number of rotatable bonds is 8. The van der Waals surface area contributed by atoms with Crippen molar-refractivity contribution in [3.05, 3.63) is 78.5 Å². The van der Waals surface area contributed by atoms with Crippen LogP contribution in [0, 0.1) is 5.92 Å². The van der Waals surface area contributed by atoms with Crippen molar-refractivity contribution in [2.45, 2.75) is 58.5 Å². The predicted octanol–water partition coefficient (Wildman–Crippen LogP) is 7.92. The molecule has 1 unspecified atom stereocenters. The van der Waals surface area contributed by atoms with Gasteiger partial charge in [0.25, 0.3) is 0 Å². The molecule has 0 N–H and O–H groups in total. The molecule has 0 bridgehead atoms. The molecule has 1 aliphatic rings. The first-order valence-electron chi connectivity index (χ1n) is 16.5. The molecule has 0 amide bonds. The third kappa shape index (κ3) is 10.5. The lowest BCUT2D eigenvalue weighted by atomic mass is 9.98. The highest BCUT2D eigenvalue weighted by molar-refractivity contribution is 5.61. The highest BCUT2D eigenvalue weighted by atomic mass is 19.4. The standard InChI is InChI=1S/C18H17F3N4O2.C14H10F5N5O.C2H6/c19-18(20,21)27-14-5-3-13(4-6-14)15-7-8-16-22-23-17(25(16)24-15)10-12-2-1-9-26-11-12;1-13(15,16)12-22-21-10-4-3-9(23-24(10)12)8-2-5-11(20-6-8)25-7-14(17,18)19;1-2/h3-8,12H,1-2,9-11H2;2-6H,7H2,1H3;1-2H3. The van der Waals surface area contributed by atoms with Crippen LogP contribution in [0.4, 0.5) is 35.1 Å². The lowest BCUT2D eigenvalue weighted by Gasteiger charge is -2.20. The Morgan fingerprint density at radius 3 is 1.98 bits per heavy atom. The largest absolute Gasteiger partial charge is 0.573 e. The Morgan fingerprint density at radius 1 is 0.759 bits per heavy atom. The Bertz CT molecular complexity index is 2110. The van der Waals surface area contributed by atoms with Crippen LogP contribution in [0.1, 0.15) is 45.3 Å². The molecule has 1 aromatic carbocycles. The molecule has 0 aliphatic carbocycles. The number of pyridine rings is 1. The molecule has 54 heavy (non-hydrogen) atoms. The lowest BCUT2D eigenvalue weighted by molar-refractivity contribution is -0.274. The average Bonchev–Trinajstić information content (AvgIpc) is 3.76. The molecule has 7 rings (SSSR count). The van der Waals surface area contributed by atoms with Gasteiger partial charge in [-0.15, -0.1) is 33.6 Å². The van der Waals surface area contributed by atoms with Crippen molar-refractivity contribution < 1.29 is 49.3 Å². The van der Waals surface area contributed by atoms with Crippen LogP contribution in [0.25, 0.3) is 33.8 Å². The van der Waals surface area contributed by atoms with Crippen molar-refractivity contribution in [3.63, 3.8) is 0 Å². The third-order valence-electron chi connectivity index (χ3n) is 7.51. The molecular formula is C34H33F8N9O3. The van der Waals surface area contributed by atoms with Gasteiger partial charge in [0.2, 0.25) is 11.7 Å². The van der Waals surface area contributed by atoms with E-state index in [4.69, 9.17) is 4.74 Å². The van der Waals surface area contributed by atoms with Gasteiger partial charge in [-0.3, -0.25) is 0 Å². The number of hydrogen-bond donors (Lipinski definition) is 0. The van der Waals surface area contributed by atoms with Crippen molar-refractivity contribution in [2.24, 2.45) is 5.92 Å². The van der Waals surface area contributed by atoms with Crippen LogP contribution >= 0.6 is 0 Å². The molecule has 20 heteroatoms. The van der Waals surface area contributed by atoms with E-state index in [9.17, 15) is 35.1 Å². The van der Waals surface area contributed by atoms with Gasteiger partial charge in [-0.2, -0.15) is 41.2 Å². The maximum atomic E-state index is 13.5. The van der Waals surface area contributed by atoms with E-state index in [-0.39, 0.29) is 23.0 Å². The van der Waals surface area contributed by atoms with Crippen molar-refractivity contribution in [2.75, 3.05) is 19.8 Å². The van der Waals surface area contributed by atoms with Crippen LogP contribution in [0.15, 0.2) is 66.9 Å². The van der Waals surface area contributed by atoms with E-state index in [0.717, 1.165) is 36.2 Å². The maximum Gasteiger partial charge on any atom is 0.573 e. The lowest BCUT2D eigenvalue weighted by Crippen LogP contribution is -2.20. The second kappa shape index (κ2) is 16.6. The normalized spacial score (nSPS) is 14.9. The highest BCUT2D eigenvalue weighted by Gasteiger charge is 2.32. The van der Waals surface area contributed by atoms with Crippen LogP contribution in [0.2, 0.25) is 0 Å². The average molecular weight is 768 g/mol. The quantitative estimate of drug-likeness (QED) is 0.141. The molecule has 12 nitrogen and oxygen atoms in total. The van der Waals surface area contributed by atoms with E-state index in [1.165, 1.54) is 54.7 Å². The van der Waals surface area contributed by atoms with Crippen LogP contribution < -0.4 is 9.47 Å². The maximum absolute atomic E-state index is 13.5. The number of halogens is 8. The van der Waals surface area contributed by atoms with Crippen molar-refractivity contribution >= 4 is 11.3 Å². The molecule has 0 saturated carbocycles. The van der Waals surface area contributed by atoms with Gasteiger partial charge in [0.1, 0.15) is 5.75 Å².